The van der Waals surface area contributed by atoms with Crippen LogP contribution in [0.2, 0.25) is 5.02 Å². The van der Waals surface area contributed by atoms with E-state index in [0.717, 1.165) is 5.56 Å². The zero-order valence-electron chi connectivity index (χ0n) is 11.4. The maximum atomic E-state index is 12.9. The molecule has 0 saturated carbocycles. The van der Waals surface area contributed by atoms with Crippen LogP contribution in [0.15, 0.2) is 18.2 Å². The first-order valence-corrected chi connectivity index (χ1v) is 6.45. The Labute approximate surface area is 113 Å². The van der Waals surface area contributed by atoms with Crippen LogP contribution in [0.4, 0.5) is 4.39 Å². The van der Waals surface area contributed by atoms with Crippen LogP contribution < -0.4 is 5.32 Å². The highest BCUT2D eigenvalue weighted by molar-refractivity contribution is 6.31. The number of benzene rings is 1. The van der Waals surface area contributed by atoms with E-state index in [-0.39, 0.29) is 17.5 Å². The molecule has 1 aromatic rings. The van der Waals surface area contributed by atoms with Crippen LogP contribution in [0.3, 0.4) is 0 Å². The van der Waals surface area contributed by atoms with Crippen LogP contribution in [0, 0.1) is 5.82 Å². The number of rotatable bonds is 5. The van der Waals surface area contributed by atoms with Gasteiger partial charge in [-0.3, -0.25) is 0 Å². The lowest BCUT2D eigenvalue weighted by molar-refractivity contribution is -0.0134. The summed E-state index contributed by atoms with van der Waals surface area (Å²) in [6.45, 7) is 6.65. The molecule has 0 saturated heterocycles. The number of hydrogen-bond acceptors (Lipinski definition) is 2. The molecule has 0 bridgehead atoms. The minimum Gasteiger partial charge on any atom is -0.374 e. The molecule has 18 heavy (non-hydrogen) atoms. The zero-order chi connectivity index (χ0) is 13.8. The number of nitrogens with one attached hydrogen (secondary N) is 1. The lowest BCUT2D eigenvalue weighted by atomic mass is 10.1. The maximum Gasteiger partial charge on any atom is 0.124 e. The SMILES string of the molecule is CNC(COC(C)(C)C)Cc1ccc(F)cc1Cl. The van der Waals surface area contributed by atoms with Gasteiger partial charge < -0.3 is 10.1 Å². The van der Waals surface area contributed by atoms with Gasteiger partial charge >= 0.3 is 0 Å². The van der Waals surface area contributed by atoms with Crippen molar-refractivity contribution >= 4 is 11.6 Å². The average molecular weight is 274 g/mol. The van der Waals surface area contributed by atoms with Gasteiger partial charge in [-0.2, -0.15) is 0 Å². The molecule has 1 unspecified atom stereocenters. The summed E-state index contributed by atoms with van der Waals surface area (Å²) in [7, 11) is 1.88. The molecule has 0 aliphatic heterocycles. The van der Waals surface area contributed by atoms with E-state index in [2.05, 4.69) is 5.32 Å². The van der Waals surface area contributed by atoms with Crippen molar-refractivity contribution in [2.45, 2.75) is 38.8 Å². The van der Waals surface area contributed by atoms with Crippen molar-refractivity contribution in [2.24, 2.45) is 0 Å². The predicted molar refractivity (Wildman–Crippen MR) is 73.7 cm³/mol. The number of hydrogen-bond donors (Lipinski definition) is 1. The topological polar surface area (TPSA) is 21.3 Å². The number of likely N-dealkylation sites (N-methyl/N-ethyl adjacent to an activating group) is 1. The third-order valence-electron chi connectivity index (χ3n) is 2.61. The molecule has 1 N–H and O–H groups in total. The summed E-state index contributed by atoms with van der Waals surface area (Å²) in [6, 6.07) is 4.65. The molecule has 0 fully saturated rings. The normalized spacial score (nSPS) is 13.7. The Morgan fingerprint density at radius 3 is 2.56 bits per heavy atom. The standard InChI is InChI=1S/C14H21ClFNO/c1-14(2,3)18-9-12(17-4)7-10-5-6-11(16)8-13(10)15/h5-6,8,12,17H,7,9H2,1-4H3. The lowest BCUT2D eigenvalue weighted by Gasteiger charge is -2.24. The minimum absolute atomic E-state index is 0.159. The second kappa shape index (κ2) is 6.50. The van der Waals surface area contributed by atoms with Gasteiger partial charge in [0.15, 0.2) is 0 Å². The fraction of sp³-hybridized carbons (Fsp3) is 0.571. The van der Waals surface area contributed by atoms with Gasteiger partial charge in [0, 0.05) is 11.1 Å². The van der Waals surface area contributed by atoms with Crippen LogP contribution in [0.5, 0.6) is 0 Å². The molecule has 0 aliphatic carbocycles. The molecule has 1 aromatic carbocycles. The third-order valence-corrected chi connectivity index (χ3v) is 2.96. The summed E-state index contributed by atoms with van der Waals surface area (Å²) in [5, 5.41) is 3.65. The molecule has 2 nitrogen and oxygen atoms in total. The molecular weight excluding hydrogens is 253 g/mol. The lowest BCUT2D eigenvalue weighted by Crippen LogP contribution is -2.36. The Morgan fingerprint density at radius 1 is 1.39 bits per heavy atom. The Kier molecular flexibility index (Phi) is 5.57. The molecule has 0 radical (unpaired) electrons. The van der Waals surface area contributed by atoms with Gasteiger partial charge in [0.25, 0.3) is 0 Å². The third kappa shape index (κ3) is 5.34. The van der Waals surface area contributed by atoms with Gasteiger partial charge in [0.1, 0.15) is 5.82 Å². The summed E-state index contributed by atoms with van der Waals surface area (Å²) in [4.78, 5) is 0. The fourth-order valence-corrected chi connectivity index (χ4v) is 1.79. The highest BCUT2D eigenvalue weighted by Crippen LogP contribution is 2.19. The van der Waals surface area contributed by atoms with E-state index < -0.39 is 0 Å². The minimum atomic E-state index is -0.310. The first kappa shape index (κ1) is 15.4. The van der Waals surface area contributed by atoms with E-state index in [0.29, 0.717) is 18.1 Å². The molecule has 0 aromatic heterocycles. The van der Waals surface area contributed by atoms with Gasteiger partial charge in [-0.15, -0.1) is 0 Å². The van der Waals surface area contributed by atoms with Gasteiger partial charge in [-0.25, -0.2) is 4.39 Å². The van der Waals surface area contributed by atoms with Crippen LogP contribution in [0.1, 0.15) is 26.3 Å². The summed E-state index contributed by atoms with van der Waals surface area (Å²) in [6.07, 6.45) is 0.714. The van der Waals surface area contributed by atoms with Gasteiger partial charge in [-0.1, -0.05) is 17.7 Å². The quantitative estimate of drug-likeness (QED) is 0.888. The van der Waals surface area contributed by atoms with Crippen LogP contribution in [0.25, 0.3) is 0 Å². The molecule has 0 aliphatic rings. The molecule has 0 heterocycles. The summed E-state index contributed by atoms with van der Waals surface area (Å²) in [5.41, 5.74) is 0.761. The maximum absolute atomic E-state index is 12.9. The monoisotopic (exact) mass is 273 g/mol. The molecule has 1 rings (SSSR count). The predicted octanol–water partition coefficient (Wildman–Crippen LogP) is 3.42. The molecule has 4 heteroatoms. The van der Waals surface area contributed by atoms with E-state index in [1.165, 1.54) is 12.1 Å². The Bertz CT molecular complexity index is 390. The first-order valence-electron chi connectivity index (χ1n) is 6.07. The van der Waals surface area contributed by atoms with E-state index >= 15 is 0 Å². The highest BCUT2D eigenvalue weighted by atomic mass is 35.5. The van der Waals surface area contributed by atoms with Gasteiger partial charge in [-0.05, 0) is 51.9 Å². The Morgan fingerprint density at radius 2 is 2.06 bits per heavy atom. The second-order valence-electron chi connectivity index (χ2n) is 5.35. The van der Waals surface area contributed by atoms with Crippen molar-refractivity contribution in [3.63, 3.8) is 0 Å². The first-order chi connectivity index (χ1) is 8.31. The second-order valence-corrected chi connectivity index (χ2v) is 5.76. The van der Waals surface area contributed by atoms with Crippen LogP contribution in [-0.4, -0.2) is 25.3 Å². The van der Waals surface area contributed by atoms with Gasteiger partial charge in [0.05, 0.1) is 12.2 Å². The van der Waals surface area contributed by atoms with Gasteiger partial charge in [0.2, 0.25) is 0 Å². The number of ether oxygens (including phenoxy) is 1. The molecule has 0 amide bonds. The Hall–Kier alpha value is -0.640. The van der Waals surface area contributed by atoms with E-state index in [9.17, 15) is 4.39 Å². The molecule has 102 valence electrons. The van der Waals surface area contributed by atoms with Crippen molar-refractivity contribution < 1.29 is 9.13 Å². The van der Waals surface area contributed by atoms with Crippen molar-refractivity contribution in [3.05, 3.63) is 34.6 Å². The molecule has 1 atom stereocenters. The van der Waals surface area contributed by atoms with Crippen molar-refractivity contribution in [1.29, 1.82) is 0 Å². The smallest absolute Gasteiger partial charge is 0.124 e. The largest absolute Gasteiger partial charge is 0.374 e. The van der Waals surface area contributed by atoms with Crippen LogP contribution >= 0.6 is 11.6 Å². The highest BCUT2D eigenvalue weighted by Gasteiger charge is 2.15. The Balaban J connectivity index is 2.62. The zero-order valence-corrected chi connectivity index (χ0v) is 12.1. The van der Waals surface area contributed by atoms with E-state index in [1.807, 2.05) is 27.8 Å². The summed E-state index contributed by atoms with van der Waals surface area (Å²) >= 11 is 6.01. The molecular formula is C14H21ClFNO. The van der Waals surface area contributed by atoms with E-state index in [4.69, 9.17) is 16.3 Å². The summed E-state index contributed by atoms with van der Waals surface area (Å²) in [5.74, 6) is -0.310. The van der Waals surface area contributed by atoms with Crippen molar-refractivity contribution in [2.75, 3.05) is 13.7 Å². The number of halogens is 2. The molecule has 0 spiro atoms. The van der Waals surface area contributed by atoms with E-state index in [1.54, 1.807) is 6.07 Å². The van der Waals surface area contributed by atoms with Crippen molar-refractivity contribution in [3.8, 4) is 0 Å². The summed E-state index contributed by atoms with van der Waals surface area (Å²) < 4.78 is 18.7. The van der Waals surface area contributed by atoms with Crippen LogP contribution in [-0.2, 0) is 11.2 Å². The van der Waals surface area contributed by atoms with Crippen molar-refractivity contribution in [1.82, 2.24) is 5.32 Å². The average Bonchev–Trinajstić information content (AvgIpc) is 2.25. The fourth-order valence-electron chi connectivity index (χ4n) is 1.55.